The van der Waals surface area contributed by atoms with Crippen molar-refractivity contribution in [2.24, 2.45) is 0 Å². The zero-order valence-electron chi connectivity index (χ0n) is 17.8. The number of likely N-dealkylation sites (N-methyl/N-ethyl adjacent to an activating group) is 1. The molecule has 0 radical (unpaired) electrons. The second-order valence-electron chi connectivity index (χ2n) is 7.55. The highest BCUT2D eigenvalue weighted by atomic mass is 32.2. The zero-order valence-corrected chi connectivity index (χ0v) is 18.6. The van der Waals surface area contributed by atoms with Crippen LogP contribution in [-0.2, 0) is 20.9 Å². The predicted molar refractivity (Wildman–Crippen MR) is 117 cm³/mol. The third kappa shape index (κ3) is 5.14. The van der Waals surface area contributed by atoms with Crippen LogP contribution in [0.4, 0.5) is 0 Å². The number of nitrogens with zero attached hydrogens (tertiary/aromatic N) is 3. The van der Waals surface area contributed by atoms with E-state index < -0.39 is 0 Å². The summed E-state index contributed by atoms with van der Waals surface area (Å²) in [6.45, 7) is 11.0. The Morgan fingerprint density at radius 3 is 2.45 bits per heavy atom. The molecule has 1 aromatic heterocycles. The number of morpholine rings is 1. The van der Waals surface area contributed by atoms with Gasteiger partial charge in [0.05, 0.1) is 18.0 Å². The molecule has 2 unspecified atom stereocenters. The molecule has 2 heterocycles. The van der Waals surface area contributed by atoms with E-state index in [1.165, 1.54) is 0 Å². The summed E-state index contributed by atoms with van der Waals surface area (Å²) in [4.78, 5) is 30.1. The minimum Gasteiger partial charge on any atom is -0.372 e. The molecule has 29 heavy (non-hydrogen) atoms. The largest absolute Gasteiger partial charge is 0.372 e. The standard InChI is InChI=1S/C22H31N3O3S/c1-5-23(6-2)21(26)14-24-13-20(18-9-7-8-10-19(18)24)29-15-22(27)25-11-16(3)28-17(4)12-25/h7-10,13,16-17H,5-6,11-12,14-15H2,1-4H3. The maximum absolute atomic E-state index is 12.7. The van der Waals surface area contributed by atoms with Gasteiger partial charge in [-0.25, -0.2) is 0 Å². The maximum Gasteiger partial charge on any atom is 0.242 e. The highest BCUT2D eigenvalue weighted by molar-refractivity contribution is 8.00. The number of hydrogen-bond donors (Lipinski definition) is 0. The van der Waals surface area contributed by atoms with Gasteiger partial charge in [-0.1, -0.05) is 18.2 Å². The minimum atomic E-state index is 0.0701. The maximum atomic E-state index is 12.7. The highest BCUT2D eigenvalue weighted by Crippen LogP contribution is 2.30. The van der Waals surface area contributed by atoms with Crippen LogP contribution in [0.3, 0.4) is 0 Å². The van der Waals surface area contributed by atoms with Gasteiger partial charge in [0, 0.05) is 48.2 Å². The fourth-order valence-electron chi connectivity index (χ4n) is 3.89. The second kappa shape index (κ2) is 9.67. The van der Waals surface area contributed by atoms with Gasteiger partial charge < -0.3 is 19.1 Å². The molecule has 1 saturated heterocycles. The van der Waals surface area contributed by atoms with E-state index in [1.54, 1.807) is 11.8 Å². The van der Waals surface area contributed by atoms with Crippen molar-refractivity contribution >= 4 is 34.5 Å². The molecular weight excluding hydrogens is 386 g/mol. The third-order valence-electron chi connectivity index (χ3n) is 5.30. The van der Waals surface area contributed by atoms with E-state index in [9.17, 15) is 9.59 Å². The summed E-state index contributed by atoms with van der Waals surface area (Å²) in [6.07, 6.45) is 2.15. The summed E-state index contributed by atoms with van der Waals surface area (Å²) < 4.78 is 7.73. The van der Waals surface area contributed by atoms with Crippen LogP contribution in [0.5, 0.6) is 0 Å². The minimum absolute atomic E-state index is 0.0701. The summed E-state index contributed by atoms with van der Waals surface area (Å²) in [5.74, 6) is 0.630. The number of amides is 2. The molecule has 1 aromatic carbocycles. The average Bonchev–Trinajstić information content (AvgIpc) is 3.04. The average molecular weight is 418 g/mol. The fraction of sp³-hybridized carbons (Fsp3) is 0.545. The lowest BCUT2D eigenvalue weighted by Gasteiger charge is -2.35. The molecular formula is C22H31N3O3S. The lowest BCUT2D eigenvalue weighted by atomic mass is 10.2. The molecule has 7 heteroatoms. The Labute approximate surface area is 177 Å². The first-order chi connectivity index (χ1) is 13.9. The monoisotopic (exact) mass is 417 g/mol. The predicted octanol–water partition coefficient (Wildman–Crippen LogP) is 3.24. The summed E-state index contributed by atoms with van der Waals surface area (Å²) in [5.41, 5.74) is 1.02. The van der Waals surface area contributed by atoms with Crippen LogP contribution in [0.1, 0.15) is 27.7 Å². The van der Waals surface area contributed by atoms with Crippen molar-refractivity contribution < 1.29 is 14.3 Å². The molecule has 2 amide bonds. The molecule has 6 nitrogen and oxygen atoms in total. The number of para-hydroxylation sites is 1. The summed E-state index contributed by atoms with van der Waals surface area (Å²) >= 11 is 1.54. The van der Waals surface area contributed by atoms with E-state index in [-0.39, 0.29) is 24.0 Å². The molecule has 1 fully saturated rings. The topological polar surface area (TPSA) is 54.8 Å². The van der Waals surface area contributed by atoms with Crippen LogP contribution < -0.4 is 0 Å². The first-order valence-corrected chi connectivity index (χ1v) is 11.3. The van der Waals surface area contributed by atoms with Gasteiger partial charge in [-0.3, -0.25) is 9.59 Å². The molecule has 2 aromatic rings. The SMILES string of the molecule is CCN(CC)C(=O)Cn1cc(SCC(=O)N2CC(C)OC(C)C2)c2ccccc21. The Balaban J connectivity index is 1.73. The number of ether oxygens (including phenoxy) is 1. The molecule has 0 N–H and O–H groups in total. The van der Waals surface area contributed by atoms with Crippen molar-refractivity contribution in [1.29, 1.82) is 0 Å². The van der Waals surface area contributed by atoms with E-state index in [4.69, 9.17) is 4.74 Å². The Morgan fingerprint density at radius 1 is 1.14 bits per heavy atom. The van der Waals surface area contributed by atoms with Crippen LogP contribution in [-0.4, -0.2) is 70.3 Å². The molecule has 0 saturated carbocycles. The van der Waals surface area contributed by atoms with Crippen LogP contribution in [0.15, 0.2) is 35.4 Å². The Hall–Kier alpha value is -1.99. The van der Waals surface area contributed by atoms with Crippen LogP contribution >= 0.6 is 11.8 Å². The van der Waals surface area contributed by atoms with Crippen LogP contribution in [0.2, 0.25) is 0 Å². The van der Waals surface area contributed by atoms with Crippen molar-refractivity contribution in [2.75, 3.05) is 31.9 Å². The smallest absolute Gasteiger partial charge is 0.242 e. The molecule has 1 aliphatic heterocycles. The van der Waals surface area contributed by atoms with E-state index in [1.807, 2.05) is 66.5 Å². The number of carbonyl (C=O) groups excluding carboxylic acids is 2. The second-order valence-corrected chi connectivity index (χ2v) is 8.57. The van der Waals surface area contributed by atoms with Crippen molar-refractivity contribution in [1.82, 2.24) is 14.4 Å². The molecule has 1 aliphatic rings. The molecule has 3 rings (SSSR count). The number of aromatic nitrogens is 1. The fourth-order valence-corrected chi connectivity index (χ4v) is 4.88. The molecule has 158 valence electrons. The number of benzene rings is 1. The molecule has 0 bridgehead atoms. The van der Waals surface area contributed by atoms with Gasteiger partial charge in [0.25, 0.3) is 0 Å². The first-order valence-electron chi connectivity index (χ1n) is 10.3. The van der Waals surface area contributed by atoms with Gasteiger partial charge in [0.15, 0.2) is 0 Å². The van der Waals surface area contributed by atoms with E-state index in [0.717, 1.165) is 15.8 Å². The number of rotatable bonds is 7. The van der Waals surface area contributed by atoms with Gasteiger partial charge in [-0.15, -0.1) is 11.8 Å². The molecule has 0 aliphatic carbocycles. The van der Waals surface area contributed by atoms with Crippen LogP contribution in [0.25, 0.3) is 10.9 Å². The first kappa shape index (κ1) is 21.7. The van der Waals surface area contributed by atoms with Gasteiger partial charge >= 0.3 is 0 Å². The third-order valence-corrected chi connectivity index (χ3v) is 6.32. The lowest BCUT2D eigenvalue weighted by molar-refractivity contribution is -0.140. The van der Waals surface area contributed by atoms with E-state index >= 15 is 0 Å². The highest BCUT2D eigenvalue weighted by Gasteiger charge is 2.26. The normalized spacial score (nSPS) is 19.5. The molecule has 2 atom stereocenters. The Bertz CT molecular complexity index is 852. The summed E-state index contributed by atoms with van der Waals surface area (Å²) in [5, 5.41) is 1.08. The number of thioether (sulfide) groups is 1. The number of carbonyl (C=O) groups is 2. The van der Waals surface area contributed by atoms with Crippen molar-refractivity contribution in [2.45, 2.75) is 51.3 Å². The Morgan fingerprint density at radius 2 is 1.79 bits per heavy atom. The van der Waals surface area contributed by atoms with Gasteiger partial charge in [0.2, 0.25) is 11.8 Å². The van der Waals surface area contributed by atoms with Crippen molar-refractivity contribution in [3.8, 4) is 0 Å². The zero-order chi connectivity index (χ0) is 21.0. The number of hydrogen-bond acceptors (Lipinski definition) is 4. The number of fused-ring (bicyclic) bond motifs is 1. The van der Waals surface area contributed by atoms with Crippen molar-refractivity contribution in [3.05, 3.63) is 30.5 Å². The molecule has 0 spiro atoms. The quantitative estimate of drug-likeness (QED) is 0.649. The van der Waals surface area contributed by atoms with Gasteiger partial charge in [-0.05, 0) is 33.8 Å². The van der Waals surface area contributed by atoms with Crippen molar-refractivity contribution in [3.63, 3.8) is 0 Å². The summed E-state index contributed by atoms with van der Waals surface area (Å²) in [7, 11) is 0. The Kier molecular flexibility index (Phi) is 7.24. The van der Waals surface area contributed by atoms with E-state index in [0.29, 0.717) is 38.5 Å². The van der Waals surface area contributed by atoms with Gasteiger partial charge in [0.1, 0.15) is 6.54 Å². The van der Waals surface area contributed by atoms with Crippen LogP contribution in [0, 0.1) is 0 Å². The summed E-state index contributed by atoms with van der Waals surface area (Å²) in [6, 6.07) is 8.06. The van der Waals surface area contributed by atoms with E-state index in [2.05, 4.69) is 6.07 Å². The van der Waals surface area contributed by atoms with Gasteiger partial charge in [-0.2, -0.15) is 0 Å². The lowest BCUT2D eigenvalue weighted by Crippen LogP contribution is -2.48.